The van der Waals surface area contributed by atoms with Crippen molar-refractivity contribution in [3.63, 3.8) is 0 Å². The Morgan fingerprint density at radius 3 is 2.82 bits per heavy atom. The Hall–Kier alpha value is -1.59. The van der Waals surface area contributed by atoms with Crippen LogP contribution in [-0.2, 0) is 9.53 Å². The number of methoxy groups -OCH3 is 1. The number of rotatable bonds is 5. The van der Waals surface area contributed by atoms with Crippen LogP contribution in [0.1, 0.15) is 12.0 Å². The first-order chi connectivity index (χ1) is 8.06. The van der Waals surface area contributed by atoms with Gasteiger partial charge in [0, 0.05) is 25.4 Å². The van der Waals surface area contributed by atoms with Gasteiger partial charge < -0.3 is 20.9 Å². The van der Waals surface area contributed by atoms with E-state index in [4.69, 9.17) is 10.5 Å². The summed E-state index contributed by atoms with van der Waals surface area (Å²) in [4.78, 5) is 11.6. The molecule has 0 aliphatic heterocycles. The van der Waals surface area contributed by atoms with Crippen LogP contribution in [0.15, 0.2) is 18.2 Å². The molecule has 0 saturated heterocycles. The number of phenolic OH excluding ortho intramolecular Hbond substituents is 1. The maximum atomic E-state index is 11.6. The van der Waals surface area contributed by atoms with Gasteiger partial charge in [0.25, 0.3) is 0 Å². The van der Waals surface area contributed by atoms with Gasteiger partial charge >= 0.3 is 0 Å². The van der Waals surface area contributed by atoms with E-state index >= 15 is 0 Å². The largest absolute Gasteiger partial charge is 0.508 e. The summed E-state index contributed by atoms with van der Waals surface area (Å²) in [6.07, 6.45) is -0.0872. The van der Waals surface area contributed by atoms with Crippen molar-refractivity contribution in [1.29, 1.82) is 0 Å². The van der Waals surface area contributed by atoms with Gasteiger partial charge in [-0.2, -0.15) is 0 Å². The van der Waals surface area contributed by atoms with Gasteiger partial charge in [-0.25, -0.2) is 0 Å². The zero-order valence-electron chi connectivity index (χ0n) is 10.1. The molecule has 0 heterocycles. The minimum absolute atomic E-state index is 0.157. The summed E-state index contributed by atoms with van der Waals surface area (Å²) in [5.74, 6) is -0.0320. The SMILES string of the molecule is COC(CN)CC(=O)Nc1ccc(C)c(O)c1. The van der Waals surface area contributed by atoms with Crippen LogP contribution in [0.4, 0.5) is 5.69 Å². The summed E-state index contributed by atoms with van der Waals surface area (Å²) in [5.41, 5.74) is 6.75. The number of ether oxygens (including phenoxy) is 1. The molecule has 1 atom stereocenters. The minimum Gasteiger partial charge on any atom is -0.508 e. The van der Waals surface area contributed by atoms with Gasteiger partial charge in [0.05, 0.1) is 12.5 Å². The van der Waals surface area contributed by atoms with Crippen LogP contribution in [0.3, 0.4) is 0 Å². The first-order valence-electron chi connectivity index (χ1n) is 5.39. The van der Waals surface area contributed by atoms with E-state index < -0.39 is 0 Å². The molecule has 0 aromatic heterocycles. The first kappa shape index (κ1) is 13.5. The molecule has 4 N–H and O–H groups in total. The molecule has 94 valence electrons. The summed E-state index contributed by atoms with van der Waals surface area (Å²) in [6, 6.07) is 4.98. The Kier molecular flexibility index (Phi) is 4.93. The van der Waals surface area contributed by atoms with Crippen molar-refractivity contribution in [2.24, 2.45) is 5.73 Å². The Morgan fingerprint density at radius 2 is 2.29 bits per heavy atom. The van der Waals surface area contributed by atoms with E-state index in [1.807, 2.05) is 0 Å². The van der Waals surface area contributed by atoms with Crippen molar-refractivity contribution >= 4 is 11.6 Å². The smallest absolute Gasteiger partial charge is 0.227 e. The Labute approximate surface area is 101 Å². The Balaban J connectivity index is 2.58. The number of carbonyl (C=O) groups excluding carboxylic acids is 1. The molecule has 1 unspecified atom stereocenters. The normalized spacial score (nSPS) is 12.2. The van der Waals surface area contributed by atoms with E-state index in [2.05, 4.69) is 5.32 Å². The van der Waals surface area contributed by atoms with Crippen molar-refractivity contribution in [2.45, 2.75) is 19.4 Å². The van der Waals surface area contributed by atoms with E-state index in [1.165, 1.54) is 13.2 Å². The molecule has 0 fully saturated rings. The Bertz CT molecular complexity index is 389. The van der Waals surface area contributed by atoms with Crippen LogP contribution >= 0.6 is 0 Å². The molecule has 0 aliphatic carbocycles. The summed E-state index contributed by atoms with van der Waals surface area (Å²) in [6.45, 7) is 2.08. The summed E-state index contributed by atoms with van der Waals surface area (Å²) in [5, 5.41) is 12.2. The fraction of sp³-hybridized carbons (Fsp3) is 0.417. The molecule has 0 spiro atoms. The monoisotopic (exact) mass is 238 g/mol. The number of amides is 1. The lowest BCUT2D eigenvalue weighted by molar-refractivity contribution is -0.118. The molecule has 1 aromatic carbocycles. The maximum Gasteiger partial charge on any atom is 0.227 e. The van der Waals surface area contributed by atoms with Crippen LogP contribution in [0.5, 0.6) is 5.75 Å². The van der Waals surface area contributed by atoms with Crippen molar-refractivity contribution in [1.82, 2.24) is 0 Å². The predicted octanol–water partition coefficient (Wildman–Crippen LogP) is 1.00. The van der Waals surface area contributed by atoms with Gasteiger partial charge in [0.1, 0.15) is 5.75 Å². The Morgan fingerprint density at radius 1 is 1.59 bits per heavy atom. The second-order valence-corrected chi connectivity index (χ2v) is 3.85. The van der Waals surface area contributed by atoms with E-state index in [1.54, 1.807) is 19.1 Å². The zero-order valence-corrected chi connectivity index (χ0v) is 10.1. The quantitative estimate of drug-likeness (QED) is 0.714. The van der Waals surface area contributed by atoms with Gasteiger partial charge in [-0.1, -0.05) is 6.07 Å². The summed E-state index contributed by atoms with van der Waals surface area (Å²) in [7, 11) is 1.52. The highest BCUT2D eigenvalue weighted by Gasteiger charge is 2.11. The zero-order chi connectivity index (χ0) is 12.8. The number of hydrogen-bond donors (Lipinski definition) is 3. The number of hydrogen-bond acceptors (Lipinski definition) is 4. The fourth-order valence-electron chi connectivity index (χ4n) is 1.37. The molecular formula is C12H18N2O3. The van der Waals surface area contributed by atoms with Crippen LogP contribution in [-0.4, -0.2) is 30.8 Å². The molecule has 1 amide bonds. The number of nitrogens with one attached hydrogen (secondary N) is 1. The number of nitrogens with two attached hydrogens (primary N) is 1. The molecule has 0 saturated carbocycles. The van der Waals surface area contributed by atoms with Gasteiger partial charge in [-0.05, 0) is 18.6 Å². The molecule has 1 rings (SSSR count). The van der Waals surface area contributed by atoms with Crippen LogP contribution in [0, 0.1) is 6.92 Å². The molecule has 0 bridgehead atoms. The molecular weight excluding hydrogens is 220 g/mol. The minimum atomic E-state index is -0.283. The van der Waals surface area contributed by atoms with Gasteiger partial charge in [0.15, 0.2) is 0 Å². The average Bonchev–Trinajstić information content (AvgIpc) is 2.31. The van der Waals surface area contributed by atoms with E-state index in [0.29, 0.717) is 12.2 Å². The number of benzene rings is 1. The molecule has 0 aliphatic rings. The summed E-state index contributed by atoms with van der Waals surface area (Å²) < 4.78 is 5.02. The topological polar surface area (TPSA) is 84.6 Å². The highest BCUT2D eigenvalue weighted by atomic mass is 16.5. The fourth-order valence-corrected chi connectivity index (χ4v) is 1.37. The third-order valence-corrected chi connectivity index (χ3v) is 2.50. The van der Waals surface area contributed by atoms with Gasteiger partial charge in [-0.3, -0.25) is 4.79 Å². The van der Waals surface area contributed by atoms with Crippen LogP contribution in [0.2, 0.25) is 0 Å². The lowest BCUT2D eigenvalue weighted by Gasteiger charge is -2.12. The van der Waals surface area contributed by atoms with Crippen molar-refractivity contribution in [2.75, 3.05) is 19.0 Å². The standard InChI is InChI=1S/C12H18N2O3/c1-8-3-4-9(5-11(8)15)14-12(16)6-10(7-13)17-2/h3-5,10,15H,6-7,13H2,1-2H3,(H,14,16). The van der Waals surface area contributed by atoms with Gasteiger partial charge in [0.2, 0.25) is 5.91 Å². The highest BCUT2D eigenvalue weighted by Crippen LogP contribution is 2.20. The first-order valence-corrected chi connectivity index (χ1v) is 5.39. The average molecular weight is 238 g/mol. The number of anilines is 1. The van der Waals surface area contributed by atoms with E-state index in [9.17, 15) is 9.90 Å². The third kappa shape index (κ3) is 4.05. The summed E-state index contributed by atoms with van der Waals surface area (Å²) >= 11 is 0. The predicted molar refractivity (Wildman–Crippen MR) is 65.9 cm³/mol. The van der Waals surface area contributed by atoms with Crippen molar-refractivity contribution < 1.29 is 14.6 Å². The van der Waals surface area contributed by atoms with Crippen LogP contribution in [0.25, 0.3) is 0 Å². The molecule has 5 nitrogen and oxygen atoms in total. The molecule has 1 aromatic rings. The third-order valence-electron chi connectivity index (χ3n) is 2.50. The van der Waals surface area contributed by atoms with E-state index in [-0.39, 0.29) is 24.2 Å². The van der Waals surface area contributed by atoms with Crippen molar-refractivity contribution in [3.05, 3.63) is 23.8 Å². The number of carbonyl (C=O) groups is 1. The second-order valence-electron chi connectivity index (χ2n) is 3.85. The van der Waals surface area contributed by atoms with E-state index in [0.717, 1.165) is 5.56 Å². The number of phenols is 1. The highest BCUT2D eigenvalue weighted by molar-refractivity contribution is 5.91. The second kappa shape index (κ2) is 6.22. The van der Waals surface area contributed by atoms with Crippen molar-refractivity contribution in [3.8, 4) is 5.75 Å². The number of aryl methyl sites for hydroxylation is 1. The molecule has 5 heteroatoms. The lowest BCUT2D eigenvalue weighted by atomic mass is 10.2. The lowest BCUT2D eigenvalue weighted by Crippen LogP contribution is -2.28. The molecule has 0 radical (unpaired) electrons. The van der Waals surface area contributed by atoms with Gasteiger partial charge in [-0.15, -0.1) is 0 Å². The number of aromatic hydroxyl groups is 1. The maximum absolute atomic E-state index is 11.6. The van der Waals surface area contributed by atoms with Crippen LogP contribution < -0.4 is 11.1 Å². The molecule has 17 heavy (non-hydrogen) atoms.